The van der Waals surface area contributed by atoms with Crippen LogP contribution in [0.3, 0.4) is 0 Å². The highest BCUT2D eigenvalue weighted by Crippen LogP contribution is 2.64. The number of piperidine rings is 1. The Kier molecular flexibility index (Phi) is 4.81. The van der Waals surface area contributed by atoms with Crippen LogP contribution in [0.5, 0.6) is 0 Å². The fourth-order valence-electron chi connectivity index (χ4n) is 8.32. The van der Waals surface area contributed by atoms with Crippen molar-refractivity contribution in [3.05, 3.63) is 35.9 Å². The second-order valence-corrected chi connectivity index (χ2v) is 11.0. The normalized spacial score (nSPS) is 44.2. The third-order valence-corrected chi connectivity index (χ3v) is 9.95. The summed E-state index contributed by atoms with van der Waals surface area (Å²) in [5, 5.41) is 3.96. The van der Waals surface area contributed by atoms with Crippen molar-refractivity contribution in [2.75, 3.05) is 7.05 Å². The Bertz CT molecular complexity index is 763. The Hall–Kier alpha value is -1.35. The van der Waals surface area contributed by atoms with Crippen LogP contribution in [0.15, 0.2) is 30.3 Å². The van der Waals surface area contributed by atoms with E-state index in [1.165, 1.54) is 44.1 Å². The number of carbonyl (C=O) groups excluding carboxylic acids is 1. The molecule has 0 radical (unpaired) electrons. The molecule has 1 N–H and O–H groups in total. The molecule has 0 unspecified atom stereocenters. The summed E-state index contributed by atoms with van der Waals surface area (Å²) in [5.41, 5.74) is 2.18. The van der Waals surface area contributed by atoms with Crippen molar-refractivity contribution in [1.29, 1.82) is 0 Å². The van der Waals surface area contributed by atoms with Crippen LogP contribution in [-0.2, 0) is 11.3 Å². The molecule has 1 aromatic rings. The van der Waals surface area contributed by atoms with Gasteiger partial charge in [-0.15, -0.1) is 0 Å². The van der Waals surface area contributed by atoms with Gasteiger partial charge in [-0.25, -0.2) is 0 Å². The van der Waals surface area contributed by atoms with Crippen LogP contribution < -0.4 is 5.32 Å². The van der Waals surface area contributed by atoms with Gasteiger partial charge in [0.05, 0.1) is 0 Å². The number of hydrogen-bond acceptors (Lipinski definition) is 2. The van der Waals surface area contributed by atoms with Crippen molar-refractivity contribution in [1.82, 2.24) is 10.2 Å². The first-order valence-corrected chi connectivity index (χ1v) is 12.0. The zero-order valence-corrected chi connectivity index (χ0v) is 18.5. The number of nitrogens with one attached hydrogen (secondary N) is 1. The third kappa shape index (κ3) is 2.99. The average molecular weight is 395 g/mol. The predicted molar refractivity (Wildman–Crippen MR) is 117 cm³/mol. The van der Waals surface area contributed by atoms with E-state index in [2.05, 4.69) is 61.4 Å². The number of benzene rings is 1. The van der Waals surface area contributed by atoms with E-state index >= 15 is 0 Å². The Morgan fingerprint density at radius 1 is 0.966 bits per heavy atom. The smallest absolute Gasteiger partial charge is 0.222 e. The Labute approximate surface area is 176 Å². The van der Waals surface area contributed by atoms with Crippen molar-refractivity contribution >= 4 is 5.91 Å². The molecule has 4 fully saturated rings. The maximum atomic E-state index is 12.3. The Morgan fingerprint density at radius 3 is 2.52 bits per heavy atom. The molecule has 29 heavy (non-hydrogen) atoms. The molecule has 1 amide bonds. The van der Waals surface area contributed by atoms with E-state index in [0.717, 1.165) is 37.1 Å². The van der Waals surface area contributed by atoms with E-state index < -0.39 is 0 Å². The quantitative estimate of drug-likeness (QED) is 0.782. The van der Waals surface area contributed by atoms with Crippen LogP contribution in [0.25, 0.3) is 0 Å². The zero-order valence-electron chi connectivity index (χ0n) is 18.5. The second-order valence-electron chi connectivity index (χ2n) is 11.0. The van der Waals surface area contributed by atoms with Crippen molar-refractivity contribution in [3.63, 3.8) is 0 Å². The molecule has 158 valence electrons. The molecular formula is C26H38N2O. The van der Waals surface area contributed by atoms with E-state index in [1.54, 1.807) is 0 Å². The first kappa shape index (κ1) is 19.6. The number of likely N-dealkylation sites (tertiary alicyclic amines) is 1. The molecule has 1 aliphatic heterocycles. The topological polar surface area (TPSA) is 32.3 Å². The minimum atomic E-state index is 0.336. The molecule has 3 aliphatic carbocycles. The summed E-state index contributed by atoms with van der Waals surface area (Å²) in [6.45, 7) is 6.11. The summed E-state index contributed by atoms with van der Waals surface area (Å²) in [5.74, 6) is 2.90. The SMILES string of the molecule is CN1C(=O)CC[C@]2(C)[C@H]3CC[C@]4(C)[C@@H](NCc5ccccc5)CC[C@H]4[C@@H]3CC[C@@H]12. The Morgan fingerprint density at radius 2 is 1.72 bits per heavy atom. The van der Waals surface area contributed by atoms with Gasteiger partial charge in [0.15, 0.2) is 0 Å². The average Bonchev–Trinajstić information content (AvgIpc) is 3.07. The lowest BCUT2D eigenvalue weighted by Crippen LogP contribution is -2.61. The monoisotopic (exact) mass is 394 g/mol. The van der Waals surface area contributed by atoms with Gasteiger partial charge in [-0.1, -0.05) is 44.2 Å². The van der Waals surface area contributed by atoms with Gasteiger partial charge in [-0.3, -0.25) is 4.79 Å². The summed E-state index contributed by atoms with van der Waals surface area (Å²) in [6, 6.07) is 12.0. The van der Waals surface area contributed by atoms with Crippen LogP contribution in [0, 0.1) is 28.6 Å². The largest absolute Gasteiger partial charge is 0.342 e. The highest BCUT2D eigenvalue weighted by Gasteiger charge is 2.61. The van der Waals surface area contributed by atoms with Crippen LogP contribution in [0.4, 0.5) is 0 Å². The number of hydrogen-bond donors (Lipinski definition) is 1. The summed E-state index contributed by atoms with van der Waals surface area (Å²) in [4.78, 5) is 14.5. The van der Waals surface area contributed by atoms with Gasteiger partial charge in [-0.05, 0) is 79.1 Å². The first-order chi connectivity index (χ1) is 13.9. The summed E-state index contributed by atoms with van der Waals surface area (Å²) < 4.78 is 0. The third-order valence-electron chi connectivity index (χ3n) is 9.95. The molecule has 3 nitrogen and oxygen atoms in total. The van der Waals surface area contributed by atoms with E-state index in [-0.39, 0.29) is 0 Å². The maximum absolute atomic E-state index is 12.3. The number of nitrogens with zero attached hydrogens (tertiary/aromatic N) is 1. The van der Waals surface area contributed by atoms with Crippen molar-refractivity contribution < 1.29 is 4.79 Å². The molecule has 0 aromatic heterocycles. The van der Waals surface area contributed by atoms with Gasteiger partial charge >= 0.3 is 0 Å². The molecule has 3 saturated carbocycles. The molecule has 1 saturated heterocycles. The lowest BCUT2D eigenvalue weighted by atomic mass is 9.47. The molecule has 4 aliphatic rings. The van der Waals surface area contributed by atoms with Crippen molar-refractivity contribution in [2.24, 2.45) is 28.6 Å². The second kappa shape index (κ2) is 7.11. The Balaban J connectivity index is 1.33. The fraction of sp³-hybridized carbons (Fsp3) is 0.731. The van der Waals surface area contributed by atoms with E-state index in [0.29, 0.717) is 28.8 Å². The van der Waals surface area contributed by atoms with Gasteiger partial charge < -0.3 is 10.2 Å². The fourth-order valence-corrected chi connectivity index (χ4v) is 8.32. The van der Waals surface area contributed by atoms with Gasteiger partial charge in [0, 0.05) is 32.1 Å². The van der Waals surface area contributed by atoms with Gasteiger partial charge in [0.25, 0.3) is 0 Å². The number of fused-ring (bicyclic) bond motifs is 5. The first-order valence-electron chi connectivity index (χ1n) is 12.0. The predicted octanol–water partition coefficient (Wildman–Crippen LogP) is 5.01. The van der Waals surface area contributed by atoms with Crippen LogP contribution in [-0.4, -0.2) is 29.9 Å². The van der Waals surface area contributed by atoms with Crippen LogP contribution in [0.1, 0.15) is 70.8 Å². The number of carbonyl (C=O) groups is 1. The van der Waals surface area contributed by atoms with Crippen molar-refractivity contribution in [2.45, 2.75) is 83.8 Å². The standard InChI is InChI=1S/C26H38N2O/c1-25-15-13-21-19(9-12-23-26(21,2)16-14-24(29)28(23)3)20(25)10-11-22(25)27-17-18-7-5-4-6-8-18/h4-8,19-23,27H,9-17H2,1-3H3/t19-,20-,21-,22-,23+,25-,26+/m0/s1. The molecule has 0 spiro atoms. The van der Waals surface area contributed by atoms with E-state index in [4.69, 9.17) is 0 Å². The highest BCUT2D eigenvalue weighted by molar-refractivity contribution is 5.77. The molecule has 0 bridgehead atoms. The zero-order chi connectivity index (χ0) is 20.2. The lowest BCUT2D eigenvalue weighted by molar-refractivity contribution is -0.157. The molecule has 1 heterocycles. The van der Waals surface area contributed by atoms with E-state index in [1.807, 2.05) is 0 Å². The lowest BCUT2D eigenvalue weighted by Gasteiger charge is -2.61. The van der Waals surface area contributed by atoms with Gasteiger partial charge in [-0.2, -0.15) is 0 Å². The summed E-state index contributed by atoms with van der Waals surface area (Å²) in [7, 11) is 2.07. The van der Waals surface area contributed by atoms with Gasteiger partial charge in [0.1, 0.15) is 0 Å². The molecule has 1 aromatic carbocycles. The van der Waals surface area contributed by atoms with Gasteiger partial charge in [0.2, 0.25) is 5.91 Å². The minimum absolute atomic E-state index is 0.336. The van der Waals surface area contributed by atoms with Crippen LogP contribution >= 0.6 is 0 Å². The maximum Gasteiger partial charge on any atom is 0.222 e. The molecular weight excluding hydrogens is 356 g/mol. The molecule has 7 atom stereocenters. The number of rotatable bonds is 3. The highest BCUT2D eigenvalue weighted by atomic mass is 16.2. The molecule has 3 heteroatoms. The van der Waals surface area contributed by atoms with E-state index in [9.17, 15) is 4.79 Å². The molecule has 5 rings (SSSR count). The number of amides is 1. The summed E-state index contributed by atoms with van der Waals surface area (Å²) in [6.07, 6.45) is 9.84. The minimum Gasteiger partial charge on any atom is -0.342 e. The summed E-state index contributed by atoms with van der Waals surface area (Å²) >= 11 is 0. The van der Waals surface area contributed by atoms with Crippen LogP contribution in [0.2, 0.25) is 0 Å². The van der Waals surface area contributed by atoms with Crippen molar-refractivity contribution in [3.8, 4) is 0 Å².